The van der Waals surface area contributed by atoms with E-state index in [-0.39, 0.29) is 6.10 Å². The minimum atomic E-state index is -0.126. The summed E-state index contributed by atoms with van der Waals surface area (Å²) in [5, 5.41) is 8.84. The van der Waals surface area contributed by atoms with E-state index in [4.69, 9.17) is 9.47 Å². The molecule has 0 bridgehead atoms. The molecule has 31 heavy (non-hydrogen) atoms. The number of fused-ring (bicyclic) bond motifs is 1. The normalized spacial score (nSPS) is 17.2. The first-order valence-corrected chi connectivity index (χ1v) is 10.4. The van der Waals surface area contributed by atoms with Crippen LogP contribution in [0.3, 0.4) is 0 Å². The first-order chi connectivity index (χ1) is 15.2. The van der Waals surface area contributed by atoms with Gasteiger partial charge >= 0.3 is 0 Å². The summed E-state index contributed by atoms with van der Waals surface area (Å²) >= 11 is 0. The standard InChI is InChI=1S/C24H25N5O2/c1-17-5-7-18(8-6-17)19-9-10-21-23(26-27-29(21)15-19)22-16-28(12-13-31-22)14-20-4-3-11-25-24(20)30-2/h3-11,15,22H,12-14,16H2,1-2H3. The first-order valence-electron chi connectivity index (χ1n) is 10.4. The lowest BCUT2D eigenvalue weighted by atomic mass is 10.1. The van der Waals surface area contributed by atoms with Crippen LogP contribution in [-0.2, 0) is 11.3 Å². The second-order valence-corrected chi connectivity index (χ2v) is 7.85. The number of nitrogens with zero attached hydrogens (tertiary/aromatic N) is 5. The highest BCUT2D eigenvalue weighted by atomic mass is 16.5. The zero-order valence-corrected chi connectivity index (χ0v) is 17.7. The summed E-state index contributed by atoms with van der Waals surface area (Å²) in [5.41, 5.74) is 6.44. The van der Waals surface area contributed by atoms with Crippen molar-refractivity contribution in [3.8, 4) is 17.0 Å². The van der Waals surface area contributed by atoms with Crippen molar-refractivity contribution in [2.75, 3.05) is 26.8 Å². The number of aromatic nitrogens is 4. The monoisotopic (exact) mass is 415 g/mol. The number of rotatable bonds is 5. The van der Waals surface area contributed by atoms with Crippen LogP contribution in [0.4, 0.5) is 0 Å². The quantitative estimate of drug-likeness (QED) is 0.495. The smallest absolute Gasteiger partial charge is 0.217 e. The number of morpholine rings is 1. The first kappa shape index (κ1) is 19.7. The van der Waals surface area contributed by atoms with Crippen molar-refractivity contribution < 1.29 is 9.47 Å². The largest absolute Gasteiger partial charge is 0.481 e. The molecular formula is C24H25N5O2. The molecule has 0 spiro atoms. The predicted molar refractivity (Wildman–Crippen MR) is 118 cm³/mol. The summed E-state index contributed by atoms with van der Waals surface area (Å²) in [6.45, 7) is 5.09. The third kappa shape index (κ3) is 4.02. The van der Waals surface area contributed by atoms with Crippen molar-refractivity contribution in [2.45, 2.75) is 19.6 Å². The molecule has 0 radical (unpaired) electrons. The third-order valence-electron chi connectivity index (χ3n) is 5.72. The van der Waals surface area contributed by atoms with Crippen molar-refractivity contribution in [1.29, 1.82) is 0 Å². The molecule has 1 atom stereocenters. The van der Waals surface area contributed by atoms with Crippen LogP contribution in [-0.4, -0.2) is 51.5 Å². The van der Waals surface area contributed by atoms with Gasteiger partial charge in [0.25, 0.3) is 0 Å². The molecule has 1 aromatic carbocycles. The van der Waals surface area contributed by atoms with Crippen molar-refractivity contribution in [2.24, 2.45) is 0 Å². The molecule has 0 N–H and O–H groups in total. The SMILES string of the molecule is COc1ncccc1CN1CCOC(c2nnn3cc(-c4ccc(C)cc4)ccc23)C1. The summed E-state index contributed by atoms with van der Waals surface area (Å²) in [4.78, 5) is 6.65. The Morgan fingerprint density at radius 2 is 1.94 bits per heavy atom. The molecule has 0 aliphatic carbocycles. The fourth-order valence-corrected chi connectivity index (χ4v) is 4.04. The topological polar surface area (TPSA) is 64.8 Å². The highest BCUT2D eigenvalue weighted by Crippen LogP contribution is 2.28. The third-order valence-corrected chi connectivity index (χ3v) is 5.72. The molecule has 1 fully saturated rings. The molecule has 0 amide bonds. The van der Waals surface area contributed by atoms with E-state index in [1.54, 1.807) is 13.3 Å². The Bertz CT molecular complexity index is 1190. The minimum Gasteiger partial charge on any atom is -0.481 e. The van der Waals surface area contributed by atoms with Crippen LogP contribution in [0.25, 0.3) is 16.6 Å². The lowest BCUT2D eigenvalue weighted by Crippen LogP contribution is -2.38. The molecule has 0 saturated carbocycles. The molecule has 1 aliphatic rings. The van der Waals surface area contributed by atoms with Crippen molar-refractivity contribution in [3.05, 3.63) is 77.7 Å². The van der Waals surface area contributed by atoms with E-state index < -0.39 is 0 Å². The molecule has 7 heteroatoms. The van der Waals surface area contributed by atoms with Gasteiger partial charge in [0.1, 0.15) is 11.8 Å². The van der Waals surface area contributed by atoms with Gasteiger partial charge in [0.05, 0.1) is 19.2 Å². The van der Waals surface area contributed by atoms with Gasteiger partial charge in [0.2, 0.25) is 5.88 Å². The zero-order valence-electron chi connectivity index (χ0n) is 17.7. The van der Waals surface area contributed by atoms with E-state index in [9.17, 15) is 0 Å². The fourth-order valence-electron chi connectivity index (χ4n) is 4.04. The second-order valence-electron chi connectivity index (χ2n) is 7.85. The van der Waals surface area contributed by atoms with Gasteiger partial charge in [-0.25, -0.2) is 9.50 Å². The van der Waals surface area contributed by atoms with Crippen molar-refractivity contribution in [1.82, 2.24) is 24.7 Å². The number of ether oxygens (including phenoxy) is 2. The van der Waals surface area contributed by atoms with Crippen LogP contribution in [0.1, 0.15) is 22.9 Å². The Morgan fingerprint density at radius 1 is 1.10 bits per heavy atom. The number of methoxy groups -OCH3 is 1. The summed E-state index contributed by atoms with van der Waals surface area (Å²) in [7, 11) is 1.65. The molecule has 1 aliphatic heterocycles. The summed E-state index contributed by atoms with van der Waals surface area (Å²) in [6.07, 6.45) is 3.65. The van der Waals surface area contributed by atoms with Crippen LogP contribution >= 0.6 is 0 Å². The highest BCUT2D eigenvalue weighted by Gasteiger charge is 2.27. The Morgan fingerprint density at radius 3 is 2.77 bits per heavy atom. The van der Waals surface area contributed by atoms with Gasteiger partial charge in [-0.3, -0.25) is 4.90 Å². The average Bonchev–Trinajstić information content (AvgIpc) is 3.23. The van der Waals surface area contributed by atoms with Gasteiger partial charge in [0, 0.05) is 43.2 Å². The predicted octanol–water partition coefficient (Wildman–Crippen LogP) is 3.68. The van der Waals surface area contributed by atoms with E-state index in [1.807, 2.05) is 16.8 Å². The minimum absolute atomic E-state index is 0.126. The molecule has 1 saturated heterocycles. The highest BCUT2D eigenvalue weighted by molar-refractivity contribution is 5.66. The van der Waals surface area contributed by atoms with Gasteiger partial charge < -0.3 is 9.47 Å². The van der Waals surface area contributed by atoms with E-state index in [2.05, 4.69) is 69.6 Å². The van der Waals surface area contributed by atoms with Crippen LogP contribution in [0.2, 0.25) is 0 Å². The maximum Gasteiger partial charge on any atom is 0.217 e. The number of benzene rings is 1. The zero-order chi connectivity index (χ0) is 21.2. The summed E-state index contributed by atoms with van der Waals surface area (Å²) in [5.74, 6) is 0.670. The molecule has 4 aromatic rings. The molecular weight excluding hydrogens is 390 g/mol. The van der Waals surface area contributed by atoms with Crippen LogP contribution in [0.15, 0.2) is 60.9 Å². The second kappa shape index (κ2) is 8.45. The van der Waals surface area contributed by atoms with Gasteiger partial charge in [-0.2, -0.15) is 0 Å². The number of hydrogen-bond donors (Lipinski definition) is 0. The number of pyridine rings is 2. The van der Waals surface area contributed by atoms with Crippen LogP contribution < -0.4 is 4.74 Å². The van der Waals surface area contributed by atoms with Crippen LogP contribution in [0.5, 0.6) is 5.88 Å². The van der Waals surface area contributed by atoms with E-state index in [0.717, 1.165) is 47.5 Å². The van der Waals surface area contributed by atoms with Crippen molar-refractivity contribution >= 4 is 5.52 Å². The molecule has 1 unspecified atom stereocenters. The average molecular weight is 415 g/mol. The maximum absolute atomic E-state index is 6.08. The summed E-state index contributed by atoms with van der Waals surface area (Å²) < 4.78 is 13.3. The van der Waals surface area contributed by atoms with Gasteiger partial charge in [0.15, 0.2) is 0 Å². The molecule has 7 nitrogen and oxygen atoms in total. The van der Waals surface area contributed by atoms with Gasteiger partial charge in [-0.1, -0.05) is 47.2 Å². The van der Waals surface area contributed by atoms with Gasteiger partial charge in [-0.15, -0.1) is 5.10 Å². The number of hydrogen-bond acceptors (Lipinski definition) is 6. The summed E-state index contributed by atoms with van der Waals surface area (Å²) in [6, 6.07) is 16.7. The lowest BCUT2D eigenvalue weighted by molar-refractivity contribution is -0.0345. The fraction of sp³-hybridized carbons (Fsp3) is 0.292. The van der Waals surface area contributed by atoms with Gasteiger partial charge in [-0.05, 0) is 24.6 Å². The molecule has 5 rings (SSSR count). The Balaban J connectivity index is 1.37. The molecule has 3 aromatic heterocycles. The van der Waals surface area contributed by atoms with E-state index in [1.165, 1.54) is 5.56 Å². The van der Waals surface area contributed by atoms with Crippen molar-refractivity contribution in [3.63, 3.8) is 0 Å². The van der Waals surface area contributed by atoms with Crippen LogP contribution in [0, 0.1) is 6.92 Å². The number of aryl methyl sites for hydroxylation is 1. The molecule has 158 valence electrons. The maximum atomic E-state index is 6.08. The van der Waals surface area contributed by atoms with E-state index >= 15 is 0 Å². The van der Waals surface area contributed by atoms with E-state index in [0.29, 0.717) is 12.5 Å². The molecule has 4 heterocycles. The Kier molecular flexibility index (Phi) is 5.36. The lowest BCUT2D eigenvalue weighted by Gasteiger charge is -2.32. The Labute approximate surface area is 181 Å². The Hall–Kier alpha value is -3.29.